The predicted molar refractivity (Wildman–Crippen MR) is 69.4 cm³/mol. The van der Waals surface area contributed by atoms with E-state index in [1.54, 1.807) is 24.3 Å². The van der Waals surface area contributed by atoms with Crippen molar-refractivity contribution in [1.29, 1.82) is 0 Å². The number of hydrogen-bond acceptors (Lipinski definition) is 6. The monoisotopic (exact) mass is 317 g/mol. The van der Waals surface area contributed by atoms with E-state index in [0.717, 1.165) is 5.56 Å². The van der Waals surface area contributed by atoms with Gasteiger partial charge in [-0.05, 0) is 5.56 Å². The number of aromatic nitrogens is 2. The lowest BCUT2D eigenvalue weighted by Gasteiger charge is -2.14. The molecule has 6 nitrogen and oxygen atoms in total. The van der Waals surface area contributed by atoms with Crippen molar-refractivity contribution in [3.05, 3.63) is 35.7 Å². The summed E-state index contributed by atoms with van der Waals surface area (Å²) in [5.41, 5.74) is 1.32. The molecule has 0 amide bonds. The second kappa shape index (κ2) is 6.86. The maximum Gasteiger partial charge on any atom is 0.471 e. The fourth-order valence-electron chi connectivity index (χ4n) is 1.69. The van der Waals surface area contributed by atoms with Gasteiger partial charge in [0.1, 0.15) is 0 Å². The molecule has 1 aromatic carbocycles. The molecular weight excluding hydrogens is 303 g/mol. The van der Waals surface area contributed by atoms with Crippen LogP contribution in [0.3, 0.4) is 0 Å². The SMILES string of the molecule is COC(NCc1ccc(-c2noc(C(F)(F)F)n2)cc1)OC. The van der Waals surface area contributed by atoms with Crippen LogP contribution >= 0.6 is 0 Å². The zero-order chi connectivity index (χ0) is 16.2. The zero-order valence-electron chi connectivity index (χ0n) is 11.8. The van der Waals surface area contributed by atoms with Gasteiger partial charge in [-0.15, -0.1) is 0 Å². The molecule has 1 aromatic heterocycles. The van der Waals surface area contributed by atoms with Gasteiger partial charge in [0.25, 0.3) is 0 Å². The predicted octanol–water partition coefficient (Wildman–Crippen LogP) is 2.42. The fraction of sp³-hybridized carbons (Fsp3) is 0.385. The normalized spacial score (nSPS) is 12.1. The molecule has 120 valence electrons. The highest BCUT2D eigenvalue weighted by Crippen LogP contribution is 2.29. The largest absolute Gasteiger partial charge is 0.471 e. The van der Waals surface area contributed by atoms with Gasteiger partial charge in [0.2, 0.25) is 12.2 Å². The molecule has 0 fully saturated rings. The van der Waals surface area contributed by atoms with Crippen molar-refractivity contribution in [2.75, 3.05) is 14.2 Å². The van der Waals surface area contributed by atoms with Crippen LogP contribution in [-0.4, -0.2) is 30.8 Å². The quantitative estimate of drug-likeness (QED) is 0.825. The Morgan fingerprint density at radius 2 is 1.82 bits per heavy atom. The third-order valence-electron chi connectivity index (χ3n) is 2.78. The number of nitrogens with one attached hydrogen (secondary N) is 1. The van der Waals surface area contributed by atoms with Crippen LogP contribution in [-0.2, 0) is 22.2 Å². The van der Waals surface area contributed by atoms with E-state index in [2.05, 4.69) is 20.0 Å². The number of alkyl halides is 3. The highest BCUT2D eigenvalue weighted by molar-refractivity contribution is 5.54. The molecule has 2 aromatic rings. The van der Waals surface area contributed by atoms with E-state index < -0.39 is 18.5 Å². The van der Waals surface area contributed by atoms with Crippen LogP contribution in [0.15, 0.2) is 28.8 Å². The molecule has 22 heavy (non-hydrogen) atoms. The topological polar surface area (TPSA) is 69.4 Å². The summed E-state index contributed by atoms with van der Waals surface area (Å²) < 4.78 is 51.3. The van der Waals surface area contributed by atoms with Gasteiger partial charge in [-0.25, -0.2) is 0 Å². The molecule has 0 aliphatic rings. The number of halogens is 3. The van der Waals surface area contributed by atoms with Crippen LogP contribution in [0, 0.1) is 0 Å². The van der Waals surface area contributed by atoms with E-state index in [1.165, 1.54) is 14.2 Å². The van der Waals surface area contributed by atoms with E-state index >= 15 is 0 Å². The molecule has 0 radical (unpaired) electrons. The van der Waals surface area contributed by atoms with Crippen molar-refractivity contribution in [3.63, 3.8) is 0 Å². The molecule has 0 bridgehead atoms. The third-order valence-corrected chi connectivity index (χ3v) is 2.78. The number of hydrogen-bond donors (Lipinski definition) is 1. The van der Waals surface area contributed by atoms with Gasteiger partial charge >= 0.3 is 12.1 Å². The maximum absolute atomic E-state index is 12.4. The van der Waals surface area contributed by atoms with Gasteiger partial charge in [0.15, 0.2) is 0 Å². The molecule has 0 saturated carbocycles. The number of benzene rings is 1. The summed E-state index contributed by atoms with van der Waals surface area (Å²) in [6, 6.07) is 6.68. The molecule has 0 saturated heterocycles. The zero-order valence-corrected chi connectivity index (χ0v) is 11.8. The van der Waals surface area contributed by atoms with Crippen LogP contribution in [0.4, 0.5) is 13.2 Å². The third kappa shape index (κ3) is 4.03. The lowest BCUT2D eigenvalue weighted by atomic mass is 10.1. The average Bonchev–Trinajstić information content (AvgIpc) is 2.99. The van der Waals surface area contributed by atoms with E-state index in [1.807, 2.05) is 0 Å². The fourth-order valence-corrected chi connectivity index (χ4v) is 1.69. The van der Waals surface area contributed by atoms with Gasteiger partial charge in [0.05, 0.1) is 0 Å². The van der Waals surface area contributed by atoms with Gasteiger partial charge in [-0.1, -0.05) is 29.4 Å². The Bertz CT molecular complexity index is 595. The van der Waals surface area contributed by atoms with E-state index in [9.17, 15) is 13.2 Å². The van der Waals surface area contributed by atoms with Crippen molar-refractivity contribution in [2.24, 2.45) is 0 Å². The summed E-state index contributed by atoms with van der Waals surface area (Å²) in [7, 11) is 3.00. The first-order valence-electron chi connectivity index (χ1n) is 6.23. The standard InChI is InChI=1S/C13H14F3N3O3/c1-20-12(21-2)17-7-8-3-5-9(6-4-8)10-18-11(22-19-10)13(14,15)16/h3-6,12,17H,7H2,1-2H3. The molecule has 0 spiro atoms. The molecule has 0 unspecified atom stereocenters. The van der Waals surface area contributed by atoms with Gasteiger partial charge in [0, 0.05) is 26.3 Å². The Labute approximate surface area is 124 Å². The number of ether oxygens (including phenoxy) is 2. The molecule has 0 aliphatic carbocycles. The van der Waals surface area contributed by atoms with Crippen LogP contribution in [0.2, 0.25) is 0 Å². The van der Waals surface area contributed by atoms with Crippen molar-refractivity contribution in [2.45, 2.75) is 19.1 Å². The molecular formula is C13H14F3N3O3. The molecule has 9 heteroatoms. The highest BCUT2D eigenvalue weighted by Gasteiger charge is 2.38. The molecule has 1 N–H and O–H groups in total. The van der Waals surface area contributed by atoms with Crippen molar-refractivity contribution >= 4 is 0 Å². The molecule has 0 aliphatic heterocycles. The van der Waals surface area contributed by atoms with E-state index in [4.69, 9.17) is 9.47 Å². The first-order valence-corrected chi connectivity index (χ1v) is 6.23. The molecule has 2 rings (SSSR count). The number of methoxy groups -OCH3 is 2. The summed E-state index contributed by atoms with van der Waals surface area (Å²) in [5, 5.41) is 6.30. The van der Waals surface area contributed by atoms with Crippen LogP contribution in [0.25, 0.3) is 11.4 Å². The average molecular weight is 317 g/mol. The van der Waals surface area contributed by atoms with Gasteiger partial charge in [-0.3, -0.25) is 5.32 Å². The Hall–Kier alpha value is -1.97. The number of nitrogens with zero attached hydrogens (tertiary/aromatic N) is 2. The van der Waals surface area contributed by atoms with Gasteiger partial charge in [-0.2, -0.15) is 18.2 Å². The summed E-state index contributed by atoms with van der Waals surface area (Å²) in [5.74, 6) is -1.48. The first-order chi connectivity index (χ1) is 10.4. The van der Waals surface area contributed by atoms with Crippen molar-refractivity contribution in [3.8, 4) is 11.4 Å². The summed E-state index contributed by atoms with van der Waals surface area (Å²) >= 11 is 0. The van der Waals surface area contributed by atoms with Gasteiger partial charge < -0.3 is 14.0 Å². The first kappa shape index (κ1) is 16.4. The second-order valence-electron chi connectivity index (χ2n) is 4.30. The Morgan fingerprint density at radius 3 is 2.32 bits per heavy atom. The van der Waals surface area contributed by atoms with Crippen LogP contribution in [0.1, 0.15) is 11.5 Å². The highest BCUT2D eigenvalue weighted by atomic mass is 19.4. The minimum atomic E-state index is -4.65. The van der Waals surface area contributed by atoms with E-state index in [0.29, 0.717) is 12.1 Å². The minimum absolute atomic E-state index is 0.113. The Morgan fingerprint density at radius 1 is 1.18 bits per heavy atom. The smallest absolute Gasteiger partial charge is 0.343 e. The summed E-state index contributed by atoms with van der Waals surface area (Å²) in [6.45, 7) is 0.465. The Kier molecular flexibility index (Phi) is 5.11. The number of rotatable bonds is 6. The Balaban J connectivity index is 2.04. The van der Waals surface area contributed by atoms with Crippen LogP contribution in [0.5, 0.6) is 0 Å². The summed E-state index contributed by atoms with van der Waals surface area (Å²) in [6.07, 6.45) is -5.18. The van der Waals surface area contributed by atoms with Crippen molar-refractivity contribution < 1.29 is 27.2 Å². The van der Waals surface area contributed by atoms with Crippen molar-refractivity contribution in [1.82, 2.24) is 15.5 Å². The summed E-state index contributed by atoms with van der Waals surface area (Å²) in [4.78, 5) is 3.32. The minimum Gasteiger partial charge on any atom is -0.343 e. The lowest BCUT2D eigenvalue weighted by Crippen LogP contribution is -2.31. The van der Waals surface area contributed by atoms with Crippen LogP contribution < -0.4 is 5.32 Å². The lowest BCUT2D eigenvalue weighted by molar-refractivity contribution is -0.159. The molecule has 1 heterocycles. The second-order valence-corrected chi connectivity index (χ2v) is 4.30. The van der Waals surface area contributed by atoms with E-state index in [-0.39, 0.29) is 5.82 Å². The maximum atomic E-state index is 12.4. The molecule has 0 atom stereocenters.